The van der Waals surface area contributed by atoms with Crippen LogP contribution in [-0.4, -0.2) is 28.5 Å². The number of hydrogen-bond acceptors (Lipinski definition) is 5. The largest absolute Gasteiger partial charge is 0.487 e. The molecule has 184 valence electrons. The Kier molecular flexibility index (Phi) is 8.66. The zero-order valence-electron chi connectivity index (χ0n) is 18.3. The van der Waals surface area contributed by atoms with Gasteiger partial charge in [-0.3, -0.25) is 19.3 Å². The molecule has 0 spiro atoms. The Balaban J connectivity index is 1.43. The average molecular weight is 699 g/mol. The van der Waals surface area contributed by atoms with Crippen LogP contribution in [0.15, 0.2) is 79.0 Å². The third-order valence-electron chi connectivity index (χ3n) is 4.92. The van der Waals surface area contributed by atoms with Gasteiger partial charge in [0.15, 0.2) is 0 Å². The zero-order chi connectivity index (χ0) is 25.8. The summed E-state index contributed by atoms with van der Waals surface area (Å²) in [5.41, 5.74) is 2.02. The molecule has 0 saturated carbocycles. The van der Waals surface area contributed by atoms with E-state index in [1.54, 1.807) is 18.2 Å². The lowest BCUT2D eigenvalue weighted by atomic mass is 10.2. The van der Waals surface area contributed by atoms with Gasteiger partial charge in [0, 0.05) is 10.2 Å². The van der Waals surface area contributed by atoms with Crippen LogP contribution in [-0.2, 0) is 16.2 Å². The van der Waals surface area contributed by atoms with Crippen LogP contribution in [0.1, 0.15) is 11.1 Å². The quantitative estimate of drug-likeness (QED) is 0.261. The fourth-order valence-corrected chi connectivity index (χ4v) is 5.76. The highest BCUT2D eigenvalue weighted by Gasteiger charge is 2.36. The predicted octanol–water partition coefficient (Wildman–Crippen LogP) is 7.37. The molecular weight excluding hydrogens is 683 g/mol. The minimum atomic E-state index is -0.568. The third-order valence-corrected chi connectivity index (χ3v) is 7.53. The van der Waals surface area contributed by atoms with Gasteiger partial charge < -0.3 is 10.1 Å². The van der Waals surface area contributed by atoms with Gasteiger partial charge in [-0.2, -0.15) is 0 Å². The summed E-state index contributed by atoms with van der Waals surface area (Å²) in [6.07, 6.45) is 1.58. The number of halogens is 4. The Morgan fingerprint density at radius 1 is 1.00 bits per heavy atom. The standard InChI is InChI=1S/C25H16Br3FN2O4S/c26-16-3-1-14(2-4-16)13-35-23-19(27)9-15(10-20(23)28)11-21-24(33)31(25(34)36-21)12-22(32)30-18-7-5-17(29)6-8-18/h1-11H,12-13H2,(H,30,32)/b21-11-. The number of anilines is 1. The molecule has 4 rings (SSSR count). The van der Waals surface area contributed by atoms with Crippen LogP contribution in [0, 0.1) is 5.82 Å². The summed E-state index contributed by atoms with van der Waals surface area (Å²) in [6.45, 7) is -0.0850. The lowest BCUT2D eigenvalue weighted by molar-refractivity contribution is -0.127. The first-order chi connectivity index (χ1) is 17.2. The Morgan fingerprint density at radius 3 is 2.28 bits per heavy atom. The van der Waals surface area contributed by atoms with Gasteiger partial charge in [0.1, 0.15) is 24.7 Å². The second kappa shape index (κ2) is 11.7. The number of thioether (sulfide) groups is 1. The normalized spacial score (nSPS) is 14.4. The van der Waals surface area contributed by atoms with Crippen LogP contribution in [0.5, 0.6) is 5.75 Å². The van der Waals surface area contributed by atoms with Crippen molar-refractivity contribution in [3.05, 3.63) is 95.9 Å². The highest BCUT2D eigenvalue weighted by molar-refractivity contribution is 9.11. The molecule has 1 aliphatic rings. The van der Waals surface area contributed by atoms with Gasteiger partial charge in [-0.25, -0.2) is 4.39 Å². The number of rotatable bonds is 7. The number of amides is 3. The van der Waals surface area contributed by atoms with Gasteiger partial charge in [0.25, 0.3) is 11.1 Å². The van der Waals surface area contributed by atoms with E-state index in [2.05, 4.69) is 53.1 Å². The number of nitrogens with zero attached hydrogens (tertiary/aromatic N) is 1. The summed E-state index contributed by atoms with van der Waals surface area (Å²) in [5.74, 6) is -0.975. The summed E-state index contributed by atoms with van der Waals surface area (Å²) < 4.78 is 21.3. The molecule has 1 N–H and O–H groups in total. The van der Waals surface area contributed by atoms with E-state index in [0.717, 1.165) is 26.7 Å². The van der Waals surface area contributed by atoms with E-state index in [-0.39, 0.29) is 4.91 Å². The molecule has 1 saturated heterocycles. The van der Waals surface area contributed by atoms with Crippen molar-refractivity contribution >= 4 is 88.4 Å². The summed E-state index contributed by atoms with van der Waals surface area (Å²) in [7, 11) is 0. The molecule has 36 heavy (non-hydrogen) atoms. The predicted molar refractivity (Wildman–Crippen MR) is 148 cm³/mol. The molecule has 3 amide bonds. The van der Waals surface area contributed by atoms with E-state index in [1.165, 1.54) is 24.3 Å². The van der Waals surface area contributed by atoms with Crippen LogP contribution < -0.4 is 10.1 Å². The van der Waals surface area contributed by atoms with Crippen molar-refractivity contribution in [3.63, 3.8) is 0 Å². The van der Waals surface area contributed by atoms with Crippen molar-refractivity contribution in [1.29, 1.82) is 0 Å². The number of carbonyl (C=O) groups is 3. The number of hydrogen-bond donors (Lipinski definition) is 1. The van der Waals surface area contributed by atoms with E-state index in [0.29, 0.717) is 32.6 Å². The van der Waals surface area contributed by atoms with E-state index in [9.17, 15) is 18.8 Å². The second-order valence-electron chi connectivity index (χ2n) is 7.55. The molecule has 0 atom stereocenters. The SMILES string of the molecule is O=C(CN1C(=O)S/C(=C\c2cc(Br)c(OCc3ccc(Br)cc3)c(Br)c2)C1=O)Nc1ccc(F)cc1. The van der Waals surface area contributed by atoms with Crippen molar-refractivity contribution in [1.82, 2.24) is 4.90 Å². The molecule has 11 heteroatoms. The monoisotopic (exact) mass is 696 g/mol. The molecule has 1 heterocycles. The molecule has 0 unspecified atom stereocenters. The smallest absolute Gasteiger partial charge is 0.294 e. The minimum absolute atomic E-state index is 0.192. The van der Waals surface area contributed by atoms with Gasteiger partial charge in [-0.15, -0.1) is 0 Å². The number of carbonyl (C=O) groups excluding carboxylic acids is 3. The first-order valence-electron chi connectivity index (χ1n) is 10.4. The van der Waals surface area contributed by atoms with Crippen molar-refractivity contribution in [2.45, 2.75) is 6.61 Å². The molecular formula is C25H16Br3FN2O4S. The molecule has 1 aliphatic heterocycles. The highest BCUT2D eigenvalue weighted by atomic mass is 79.9. The fraction of sp³-hybridized carbons (Fsp3) is 0.0800. The maximum atomic E-state index is 13.0. The molecule has 6 nitrogen and oxygen atoms in total. The first kappa shape index (κ1) is 26.6. The summed E-state index contributed by atoms with van der Waals surface area (Å²) in [4.78, 5) is 38.6. The molecule has 0 radical (unpaired) electrons. The topological polar surface area (TPSA) is 75.7 Å². The van der Waals surface area contributed by atoms with Gasteiger partial charge in [-0.1, -0.05) is 28.1 Å². The third kappa shape index (κ3) is 6.64. The molecule has 0 aliphatic carbocycles. The summed E-state index contributed by atoms with van der Waals surface area (Å²) >= 11 is 11.2. The Labute approximate surface area is 235 Å². The van der Waals surface area contributed by atoms with Crippen LogP contribution >= 0.6 is 59.6 Å². The Morgan fingerprint density at radius 2 is 1.64 bits per heavy atom. The van der Waals surface area contributed by atoms with E-state index >= 15 is 0 Å². The molecule has 3 aromatic carbocycles. The number of ether oxygens (including phenoxy) is 1. The van der Waals surface area contributed by atoms with E-state index < -0.39 is 29.4 Å². The number of imide groups is 1. The van der Waals surface area contributed by atoms with Crippen molar-refractivity contribution in [3.8, 4) is 5.75 Å². The lowest BCUT2D eigenvalue weighted by Crippen LogP contribution is -2.36. The fourth-order valence-electron chi connectivity index (χ4n) is 3.20. The van der Waals surface area contributed by atoms with Gasteiger partial charge in [-0.05, 0) is 109 Å². The van der Waals surface area contributed by atoms with Crippen LogP contribution in [0.3, 0.4) is 0 Å². The molecule has 3 aromatic rings. The van der Waals surface area contributed by atoms with Gasteiger partial charge in [0.2, 0.25) is 5.91 Å². The lowest BCUT2D eigenvalue weighted by Gasteiger charge is -2.13. The summed E-state index contributed by atoms with van der Waals surface area (Å²) in [6, 6.07) is 16.5. The maximum absolute atomic E-state index is 13.0. The Hall–Kier alpha value is -2.47. The Bertz CT molecular complexity index is 1340. The van der Waals surface area contributed by atoms with E-state index in [4.69, 9.17) is 4.74 Å². The van der Waals surface area contributed by atoms with Crippen LogP contribution in [0.25, 0.3) is 6.08 Å². The molecule has 1 fully saturated rings. The van der Waals surface area contributed by atoms with E-state index in [1.807, 2.05) is 24.3 Å². The first-order valence-corrected chi connectivity index (χ1v) is 13.6. The maximum Gasteiger partial charge on any atom is 0.294 e. The highest BCUT2D eigenvalue weighted by Crippen LogP contribution is 2.38. The molecule has 0 bridgehead atoms. The number of benzene rings is 3. The van der Waals surface area contributed by atoms with Gasteiger partial charge in [0.05, 0.1) is 13.9 Å². The van der Waals surface area contributed by atoms with Crippen molar-refractivity contribution in [2.24, 2.45) is 0 Å². The zero-order valence-corrected chi connectivity index (χ0v) is 23.8. The second-order valence-corrected chi connectivity index (χ2v) is 11.2. The minimum Gasteiger partial charge on any atom is -0.487 e. The summed E-state index contributed by atoms with van der Waals surface area (Å²) in [5, 5.41) is 1.99. The molecule has 0 aromatic heterocycles. The van der Waals surface area contributed by atoms with Crippen molar-refractivity contribution in [2.75, 3.05) is 11.9 Å². The van der Waals surface area contributed by atoms with Crippen LogP contribution in [0.2, 0.25) is 0 Å². The van der Waals surface area contributed by atoms with Gasteiger partial charge >= 0.3 is 0 Å². The van der Waals surface area contributed by atoms with Crippen LogP contribution in [0.4, 0.5) is 14.9 Å². The van der Waals surface area contributed by atoms with Crippen molar-refractivity contribution < 1.29 is 23.5 Å². The number of nitrogens with one attached hydrogen (secondary N) is 1. The average Bonchev–Trinajstić information content (AvgIpc) is 3.08.